The lowest BCUT2D eigenvalue weighted by atomic mass is 9.93. The van der Waals surface area contributed by atoms with E-state index in [9.17, 15) is 13.9 Å². The number of benzene rings is 1. The highest BCUT2D eigenvalue weighted by Gasteiger charge is 2.33. The van der Waals surface area contributed by atoms with Crippen molar-refractivity contribution in [3.8, 4) is 0 Å². The van der Waals surface area contributed by atoms with Gasteiger partial charge in [-0.1, -0.05) is 0 Å². The molecule has 0 saturated carbocycles. The van der Waals surface area contributed by atoms with E-state index in [0.717, 1.165) is 0 Å². The molecule has 0 bridgehead atoms. The third-order valence-electron chi connectivity index (χ3n) is 2.87. The first-order valence-electron chi connectivity index (χ1n) is 5.07. The Morgan fingerprint density at radius 2 is 2.19 bits per heavy atom. The lowest BCUT2D eigenvalue weighted by Crippen LogP contribution is -2.34. The number of rotatable bonds is 2. The molecule has 1 aliphatic heterocycles. The van der Waals surface area contributed by atoms with E-state index in [0.29, 0.717) is 19.5 Å². The van der Waals surface area contributed by atoms with Crippen molar-refractivity contribution in [1.82, 2.24) is 5.32 Å². The van der Waals surface area contributed by atoms with Crippen molar-refractivity contribution in [3.63, 3.8) is 0 Å². The Hall–Kier alpha value is -0.520. The first-order chi connectivity index (χ1) is 7.52. The van der Waals surface area contributed by atoms with Crippen LogP contribution in [0.15, 0.2) is 16.6 Å². The van der Waals surface area contributed by atoms with Crippen LogP contribution in [0.25, 0.3) is 0 Å². The Morgan fingerprint density at radius 1 is 1.44 bits per heavy atom. The van der Waals surface area contributed by atoms with Gasteiger partial charge in [-0.15, -0.1) is 0 Å². The summed E-state index contributed by atoms with van der Waals surface area (Å²) in [6.45, 7) is 1.05. The summed E-state index contributed by atoms with van der Waals surface area (Å²) in [6, 6.07) is 2.53. The fraction of sp³-hybridized carbons (Fsp3) is 0.455. The number of hydrogen-bond acceptors (Lipinski definition) is 2. The second-order valence-electron chi connectivity index (χ2n) is 4.15. The van der Waals surface area contributed by atoms with Crippen molar-refractivity contribution in [3.05, 3.63) is 33.8 Å². The number of halogens is 3. The molecule has 16 heavy (non-hydrogen) atoms. The number of nitrogens with one attached hydrogen (secondary N) is 1. The summed E-state index contributed by atoms with van der Waals surface area (Å²) in [4.78, 5) is 0. The predicted octanol–water partition coefficient (Wildman–Crippen LogP) is 1.99. The molecule has 0 aliphatic carbocycles. The molecular formula is C11H12BrF2NO. The first-order valence-corrected chi connectivity index (χ1v) is 5.87. The van der Waals surface area contributed by atoms with E-state index >= 15 is 0 Å². The minimum absolute atomic E-state index is 0.00287. The maximum absolute atomic E-state index is 13.7. The second kappa shape index (κ2) is 4.39. The highest BCUT2D eigenvalue weighted by Crippen LogP contribution is 2.27. The van der Waals surface area contributed by atoms with E-state index in [2.05, 4.69) is 21.2 Å². The zero-order chi connectivity index (χ0) is 11.8. The lowest BCUT2D eigenvalue weighted by molar-refractivity contribution is 0.0599. The Kier molecular flexibility index (Phi) is 3.28. The maximum Gasteiger partial charge on any atom is 0.143 e. The molecule has 1 aromatic rings. The molecule has 0 radical (unpaired) electrons. The van der Waals surface area contributed by atoms with Gasteiger partial charge in [0.25, 0.3) is 0 Å². The van der Waals surface area contributed by atoms with Crippen LogP contribution >= 0.6 is 15.9 Å². The van der Waals surface area contributed by atoms with E-state index in [4.69, 9.17) is 0 Å². The highest BCUT2D eigenvalue weighted by atomic mass is 79.9. The number of hydrogen-bond donors (Lipinski definition) is 2. The zero-order valence-corrected chi connectivity index (χ0v) is 10.2. The first kappa shape index (κ1) is 12.0. The molecule has 1 unspecified atom stereocenters. The molecule has 88 valence electrons. The molecule has 2 rings (SSSR count). The zero-order valence-electron chi connectivity index (χ0n) is 8.56. The SMILES string of the molecule is OC1(Cc2c(F)ccc(Br)c2F)CCNC1. The van der Waals surface area contributed by atoms with Gasteiger partial charge in [0, 0.05) is 18.5 Å². The van der Waals surface area contributed by atoms with Gasteiger partial charge in [0.05, 0.1) is 10.1 Å². The van der Waals surface area contributed by atoms with Crippen LogP contribution in [-0.2, 0) is 6.42 Å². The summed E-state index contributed by atoms with van der Waals surface area (Å²) in [6.07, 6.45) is 0.509. The minimum Gasteiger partial charge on any atom is -0.388 e. The van der Waals surface area contributed by atoms with Gasteiger partial charge in [-0.3, -0.25) is 0 Å². The van der Waals surface area contributed by atoms with Gasteiger partial charge in [0.1, 0.15) is 11.6 Å². The van der Waals surface area contributed by atoms with Crippen LogP contribution in [0.5, 0.6) is 0 Å². The average molecular weight is 292 g/mol. The Labute approximate surface area is 101 Å². The molecule has 2 N–H and O–H groups in total. The monoisotopic (exact) mass is 291 g/mol. The molecule has 0 amide bonds. The summed E-state index contributed by atoms with van der Waals surface area (Å²) in [5.41, 5.74) is -1.09. The van der Waals surface area contributed by atoms with Gasteiger partial charge in [0.15, 0.2) is 0 Å². The summed E-state index contributed by atoms with van der Waals surface area (Å²) in [5.74, 6) is -1.23. The van der Waals surface area contributed by atoms with Crippen molar-refractivity contribution >= 4 is 15.9 Å². The van der Waals surface area contributed by atoms with Gasteiger partial charge in [-0.25, -0.2) is 8.78 Å². The van der Waals surface area contributed by atoms with Gasteiger partial charge in [-0.05, 0) is 41.0 Å². The van der Waals surface area contributed by atoms with Crippen LogP contribution in [0, 0.1) is 11.6 Å². The van der Waals surface area contributed by atoms with Gasteiger partial charge >= 0.3 is 0 Å². The molecule has 0 aromatic heterocycles. The fourth-order valence-corrected chi connectivity index (χ4v) is 2.31. The van der Waals surface area contributed by atoms with Crippen molar-refractivity contribution in [2.45, 2.75) is 18.4 Å². The smallest absolute Gasteiger partial charge is 0.143 e. The van der Waals surface area contributed by atoms with Crippen LogP contribution in [-0.4, -0.2) is 23.8 Å². The Bertz CT molecular complexity index is 405. The van der Waals surface area contributed by atoms with Crippen LogP contribution in [0.1, 0.15) is 12.0 Å². The van der Waals surface area contributed by atoms with E-state index < -0.39 is 17.2 Å². The molecular weight excluding hydrogens is 280 g/mol. The average Bonchev–Trinajstić information content (AvgIpc) is 2.66. The van der Waals surface area contributed by atoms with Crippen molar-refractivity contribution in [2.75, 3.05) is 13.1 Å². The molecule has 1 heterocycles. The van der Waals surface area contributed by atoms with Crippen LogP contribution in [0.4, 0.5) is 8.78 Å². The molecule has 1 aromatic carbocycles. The number of β-amino-alcohol motifs (C(OH)–C–C–N with tert-alkyl or cyclic N) is 1. The summed E-state index contributed by atoms with van der Waals surface area (Å²) >= 11 is 3.01. The van der Waals surface area contributed by atoms with E-state index in [1.807, 2.05) is 0 Å². The second-order valence-corrected chi connectivity index (χ2v) is 5.00. The number of aliphatic hydroxyl groups is 1. The Morgan fingerprint density at radius 3 is 2.81 bits per heavy atom. The Balaban J connectivity index is 2.30. The maximum atomic E-state index is 13.7. The van der Waals surface area contributed by atoms with Crippen LogP contribution < -0.4 is 5.32 Å². The molecule has 1 saturated heterocycles. The fourth-order valence-electron chi connectivity index (χ4n) is 1.94. The van der Waals surface area contributed by atoms with Gasteiger partial charge < -0.3 is 10.4 Å². The third-order valence-corrected chi connectivity index (χ3v) is 3.48. The highest BCUT2D eigenvalue weighted by molar-refractivity contribution is 9.10. The molecule has 5 heteroatoms. The third kappa shape index (κ3) is 2.26. The molecule has 2 nitrogen and oxygen atoms in total. The standard InChI is InChI=1S/C11H12BrF2NO/c12-8-1-2-9(13)7(10(8)14)5-11(16)3-4-15-6-11/h1-2,15-16H,3-6H2. The van der Waals surface area contributed by atoms with Crippen molar-refractivity contribution in [2.24, 2.45) is 0 Å². The van der Waals surface area contributed by atoms with E-state index in [-0.39, 0.29) is 16.5 Å². The van der Waals surface area contributed by atoms with Gasteiger partial charge in [-0.2, -0.15) is 0 Å². The molecule has 0 spiro atoms. The molecule has 1 aliphatic rings. The van der Waals surface area contributed by atoms with Gasteiger partial charge in [0.2, 0.25) is 0 Å². The van der Waals surface area contributed by atoms with E-state index in [1.54, 1.807) is 0 Å². The van der Waals surface area contributed by atoms with Crippen molar-refractivity contribution in [1.29, 1.82) is 0 Å². The van der Waals surface area contributed by atoms with E-state index in [1.165, 1.54) is 12.1 Å². The summed E-state index contributed by atoms with van der Waals surface area (Å²) in [5, 5.41) is 13.1. The van der Waals surface area contributed by atoms with Crippen LogP contribution in [0.3, 0.4) is 0 Å². The molecule has 1 atom stereocenters. The largest absolute Gasteiger partial charge is 0.388 e. The lowest BCUT2D eigenvalue weighted by Gasteiger charge is -2.22. The minimum atomic E-state index is -1.04. The summed E-state index contributed by atoms with van der Waals surface area (Å²) < 4.78 is 27.3. The summed E-state index contributed by atoms with van der Waals surface area (Å²) in [7, 11) is 0. The topological polar surface area (TPSA) is 32.3 Å². The molecule has 1 fully saturated rings. The predicted molar refractivity (Wildman–Crippen MR) is 60.2 cm³/mol. The normalized spacial score (nSPS) is 25.0. The van der Waals surface area contributed by atoms with Crippen LogP contribution in [0.2, 0.25) is 0 Å². The quantitative estimate of drug-likeness (QED) is 0.817. The van der Waals surface area contributed by atoms with Crippen molar-refractivity contribution < 1.29 is 13.9 Å².